The van der Waals surface area contributed by atoms with Crippen LogP contribution in [0.5, 0.6) is 0 Å². The molecular formula is C22H24N2O4. The lowest BCUT2D eigenvalue weighted by atomic mass is 10.0. The molecule has 2 aromatic rings. The summed E-state index contributed by atoms with van der Waals surface area (Å²) in [4.78, 5) is 37.3. The lowest BCUT2D eigenvalue weighted by molar-refractivity contribution is -0.154. The van der Waals surface area contributed by atoms with Crippen LogP contribution in [-0.4, -0.2) is 41.9 Å². The van der Waals surface area contributed by atoms with Crippen molar-refractivity contribution in [1.82, 2.24) is 4.90 Å². The van der Waals surface area contributed by atoms with Crippen molar-refractivity contribution in [2.75, 3.05) is 13.2 Å². The lowest BCUT2D eigenvalue weighted by Gasteiger charge is -2.33. The molecule has 6 heteroatoms. The number of nitrogens with two attached hydrogens (primary N) is 1. The second kappa shape index (κ2) is 9.17. The minimum absolute atomic E-state index is 0.0849. The van der Waals surface area contributed by atoms with Crippen LogP contribution < -0.4 is 5.73 Å². The van der Waals surface area contributed by atoms with E-state index >= 15 is 0 Å². The van der Waals surface area contributed by atoms with E-state index in [-0.39, 0.29) is 18.9 Å². The van der Waals surface area contributed by atoms with Gasteiger partial charge in [-0.1, -0.05) is 54.6 Å². The van der Waals surface area contributed by atoms with Crippen molar-refractivity contribution in [3.63, 3.8) is 0 Å². The molecule has 146 valence electrons. The van der Waals surface area contributed by atoms with Crippen molar-refractivity contribution in [3.05, 3.63) is 60.2 Å². The first-order valence-electron chi connectivity index (χ1n) is 9.43. The molecule has 6 nitrogen and oxygen atoms in total. The van der Waals surface area contributed by atoms with Gasteiger partial charge in [-0.25, -0.2) is 0 Å². The molecule has 3 rings (SSSR count). The van der Waals surface area contributed by atoms with E-state index in [1.807, 2.05) is 54.6 Å². The summed E-state index contributed by atoms with van der Waals surface area (Å²) in [7, 11) is 0. The molecule has 1 saturated heterocycles. The van der Waals surface area contributed by atoms with Gasteiger partial charge in [0.05, 0.1) is 6.42 Å². The van der Waals surface area contributed by atoms with Crippen molar-refractivity contribution in [2.45, 2.75) is 31.7 Å². The van der Waals surface area contributed by atoms with Crippen LogP contribution in [0.1, 0.15) is 24.8 Å². The van der Waals surface area contributed by atoms with Gasteiger partial charge in [0, 0.05) is 6.54 Å². The number of carbonyl (C=O) groups is 3. The Morgan fingerprint density at radius 2 is 1.64 bits per heavy atom. The second-order valence-electron chi connectivity index (χ2n) is 6.90. The van der Waals surface area contributed by atoms with Gasteiger partial charge in [0.2, 0.25) is 5.91 Å². The van der Waals surface area contributed by atoms with Crippen LogP contribution in [0.2, 0.25) is 0 Å². The first-order chi connectivity index (χ1) is 13.5. The van der Waals surface area contributed by atoms with Crippen LogP contribution >= 0.6 is 0 Å². The summed E-state index contributed by atoms with van der Waals surface area (Å²) < 4.78 is 5.12. The molecule has 1 heterocycles. The Labute approximate surface area is 164 Å². The highest BCUT2D eigenvalue weighted by molar-refractivity contribution is 5.88. The smallest absolute Gasteiger partial charge is 0.310 e. The fourth-order valence-corrected chi connectivity index (χ4v) is 3.41. The number of ether oxygens (including phenoxy) is 1. The minimum atomic E-state index is -0.606. The van der Waals surface area contributed by atoms with Crippen LogP contribution in [0, 0.1) is 0 Å². The van der Waals surface area contributed by atoms with Gasteiger partial charge in [-0.05, 0) is 36.0 Å². The van der Waals surface area contributed by atoms with Crippen LogP contribution in [0.25, 0.3) is 11.1 Å². The SMILES string of the molecule is NC(=O)[C@H]1CCCCN1C(=O)COC(=O)Cc1ccc(-c2ccccc2)cc1. The minimum Gasteiger partial charge on any atom is -0.455 e. The molecule has 0 spiro atoms. The first-order valence-corrected chi connectivity index (χ1v) is 9.43. The molecule has 2 N–H and O–H groups in total. The van der Waals surface area contributed by atoms with Crippen molar-refractivity contribution >= 4 is 17.8 Å². The summed E-state index contributed by atoms with van der Waals surface area (Å²) in [6.07, 6.45) is 2.32. The number of esters is 1. The van der Waals surface area contributed by atoms with E-state index in [1.165, 1.54) is 4.90 Å². The first kappa shape index (κ1) is 19.6. The van der Waals surface area contributed by atoms with Gasteiger partial charge in [0.1, 0.15) is 6.04 Å². The molecule has 1 aliphatic rings. The summed E-state index contributed by atoms with van der Waals surface area (Å²) >= 11 is 0. The van der Waals surface area contributed by atoms with Gasteiger partial charge in [-0.2, -0.15) is 0 Å². The highest BCUT2D eigenvalue weighted by Gasteiger charge is 2.30. The van der Waals surface area contributed by atoms with E-state index in [1.54, 1.807) is 0 Å². The van der Waals surface area contributed by atoms with Gasteiger partial charge >= 0.3 is 5.97 Å². The quantitative estimate of drug-likeness (QED) is 0.779. The number of piperidine rings is 1. The molecule has 0 aliphatic carbocycles. The number of carbonyl (C=O) groups excluding carboxylic acids is 3. The third-order valence-electron chi connectivity index (χ3n) is 4.92. The fraction of sp³-hybridized carbons (Fsp3) is 0.318. The topological polar surface area (TPSA) is 89.7 Å². The van der Waals surface area contributed by atoms with E-state index in [0.29, 0.717) is 13.0 Å². The van der Waals surface area contributed by atoms with Gasteiger partial charge in [0.15, 0.2) is 6.61 Å². The fourth-order valence-electron chi connectivity index (χ4n) is 3.41. The molecule has 0 unspecified atom stereocenters. The van der Waals surface area contributed by atoms with Crippen LogP contribution in [0.4, 0.5) is 0 Å². The van der Waals surface area contributed by atoms with E-state index < -0.39 is 17.9 Å². The lowest BCUT2D eigenvalue weighted by Crippen LogP contribution is -2.51. The van der Waals surface area contributed by atoms with E-state index in [9.17, 15) is 14.4 Å². The maximum Gasteiger partial charge on any atom is 0.310 e. The summed E-state index contributed by atoms with van der Waals surface area (Å²) in [5.41, 5.74) is 8.35. The Morgan fingerprint density at radius 1 is 0.964 bits per heavy atom. The number of likely N-dealkylation sites (tertiary alicyclic amines) is 1. The number of rotatable bonds is 6. The summed E-state index contributed by atoms with van der Waals surface area (Å²) in [6.45, 7) is 0.0929. The number of hydrogen-bond acceptors (Lipinski definition) is 4. The molecule has 28 heavy (non-hydrogen) atoms. The number of benzene rings is 2. The number of nitrogens with zero attached hydrogens (tertiary/aromatic N) is 1. The molecule has 1 atom stereocenters. The molecule has 1 fully saturated rings. The zero-order valence-electron chi connectivity index (χ0n) is 15.7. The average Bonchev–Trinajstić information content (AvgIpc) is 2.73. The number of amides is 2. The molecule has 1 aliphatic heterocycles. The predicted molar refractivity (Wildman–Crippen MR) is 105 cm³/mol. The Bertz CT molecular complexity index is 833. The zero-order chi connectivity index (χ0) is 19.9. The van der Waals surface area contributed by atoms with Crippen molar-refractivity contribution < 1.29 is 19.1 Å². The Kier molecular flexibility index (Phi) is 6.42. The zero-order valence-corrected chi connectivity index (χ0v) is 15.7. The third-order valence-corrected chi connectivity index (χ3v) is 4.92. The molecule has 2 amide bonds. The normalized spacial score (nSPS) is 16.4. The molecular weight excluding hydrogens is 356 g/mol. The predicted octanol–water partition coefficient (Wildman–Crippen LogP) is 2.31. The van der Waals surface area contributed by atoms with E-state index in [0.717, 1.165) is 29.5 Å². The van der Waals surface area contributed by atoms with Crippen molar-refractivity contribution in [1.29, 1.82) is 0 Å². The molecule has 0 bridgehead atoms. The van der Waals surface area contributed by atoms with Crippen molar-refractivity contribution in [3.8, 4) is 11.1 Å². The molecule has 0 radical (unpaired) electrons. The van der Waals surface area contributed by atoms with Gasteiger partial charge in [-0.3, -0.25) is 14.4 Å². The largest absolute Gasteiger partial charge is 0.455 e. The summed E-state index contributed by atoms with van der Waals surface area (Å²) in [5.74, 6) is -1.37. The van der Waals surface area contributed by atoms with Crippen molar-refractivity contribution in [2.24, 2.45) is 5.73 Å². The maximum absolute atomic E-state index is 12.3. The van der Waals surface area contributed by atoms with Crippen LogP contribution in [0.3, 0.4) is 0 Å². The second-order valence-corrected chi connectivity index (χ2v) is 6.90. The van der Waals surface area contributed by atoms with Crippen LogP contribution in [0.15, 0.2) is 54.6 Å². The van der Waals surface area contributed by atoms with Gasteiger partial charge < -0.3 is 15.4 Å². The third kappa shape index (κ3) is 4.97. The molecule has 2 aromatic carbocycles. The van der Waals surface area contributed by atoms with E-state index in [2.05, 4.69) is 0 Å². The van der Waals surface area contributed by atoms with Crippen LogP contribution in [-0.2, 0) is 25.5 Å². The monoisotopic (exact) mass is 380 g/mol. The molecule has 0 aromatic heterocycles. The maximum atomic E-state index is 12.3. The Balaban J connectivity index is 1.51. The average molecular weight is 380 g/mol. The summed E-state index contributed by atoms with van der Waals surface area (Å²) in [6, 6.07) is 17.0. The standard InChI is InChI=1S/C22H24N2O4/c23-22(27)19-8-4-5-13-24(19)20(25)15-28-21(26)14-16-9-11-18(12-10-16)17-6-2-1-3-7-17/h1-3,6-7,9-12,19H,4-5,8,13-15H2,(H2,23,27)/t19-/m1/s1. The highest BCUT2D eigenvalue weighted by Crippen LogP contribution is 2.20. The molecule has 0 saturated carbocycles. The number of primary amides is 1. The number of hydrogen-bond donors (Lipinski definition) is 1. The highest BCUT2D eigenvalue weighted by atomic mass is 16.5. The van der Waals surface area contributed by atoms with Gasteiger partial charge in [0.25, 0.3) is 5.91 Å². The Morgan fingerprint density at radius 3 is 2.32 bits per heavy atom. The van der Waals surface area contributed by atoms with E-state index in [4.69, 9.17) is 10.5 Å². The Hall–Kier alpha value is -3.15. The summed E-state index contributed by atoms with van der Waals surface area (Å²) in [5, 5.41) is 0. The van der Waals surface area contributed by atoms with Gasteiger partial charge in [-0.15, -0.1) is 0 Å².